The summed E-state index contributed by atoms with van der Waals surface area (Å²) in [7, 11) is -3.47. The lowest BCUT2D eigenvalue weighted by atomic mass is 9.94. The number of benzene rings is 2. The van der Waals surface area contributed by atoms with Gasteiger partial charge >= 0.3 is 0 Å². The molecule has 2 aliphatic rings. The molecule has 1 amide bonds. The van der Waals surface area contributed by atoms with Gasteiger partial charge in [-0.1, -0.05) is 23.8 Å². The fourth-order valence-corrected chi connectivity index (χ4v) is 5.27. The van der Waals surface area contributed by atoms with Crippen LogP contribution in [0.2, 0.25) is 0 Å². The third-order valence-corrected chi connectivity index (χ3v) is 7.55. The van der Waals surface area contributed by atoms with Crippen LogP contribution in [0.1, 0.15) is 30.4 Å². The second-order valence-corrected chi connectivity index (χ2v) is 9.77. The third kappa shape index (κ3) is 4.60. The monoisotopic (exact) mass is 430 g/mol. The van der Waals surface area contributed by atoms with Crippen molar-refractivity contribution in [1.82, 2.24) is 9.62 Å². The Balaban J connectivity index is 1.25. The lowest BCUT2D eigenvalue weighted by Gasteiger charge is -2.31. The number of carbonyl (C=O) groups excluding carboxylic acids is 1. The minimum absolute atomic E-state index is 0.0208. The van der Waals surface area contributed by atoms with E-state index in [-0.39, 0.29) is 18.6 Å². The number of rotatable bonds is 6. The topological polar surface area (TPSA) is 84.9 Å². The normalized spacial score (nSPS) is 17.1. The molecule has 4 rings (SSSR count). The molecule has 0 aliphatic carbocycles. The van der Waals surface area contributed by atoms with Crippen LogP contribution >= 0.6 is 0 Å². The van der Waals surface area contributed by atoms with Gasteiger partial charge in [-0.25, -0.2) is 8.42 Å². The van der Waals surface area contributed by atoms with E-state index in [1.165, 1.54) is 4.31 Å². The van der Waals surface area contributed by atoms with Gasteiger partial charge in [0.05, 0.1) is 4.90 Å². The zero-order chi connectivity index (χ0) is 21.1. The van der Waals surface area contributed by atoms with E-state index in [1.54, 1.807) is 12.1 Å². The molecule has 1 fully saturated rings. The second kappa shape index (κ2) is 8.65. The maximum Gasteiger partial charge on any atom is 0.243 e. The van der Waals surface area contributed by atoms with Crippen LogP contribution < -0.4 is 14.8 Å². The summed E-state index contributed by atoms with van der Waals surface area (Å²) in [5, 5.41) is 2.94. The number of fused-ring (bicyclic) bond motifs is 1. The highest BCUT2D eigenvalue weighted by Gasteiger charge is 2.30. The molecule has 2 aromatic carbocycles. The van der Waals surface area contributed by atoms with Crippen LogP contribution in [0.4, 0.5) is 0 Å². The highest BCUT2D eigenvalue weighted by atomic mass is 32.2. The third-order valence-electron chi connectivity index (χ3n) is 5.63. The standard InChI is InChI=1S/C22H26N2O5S/c1-16-2-5-19(6-3-16)30(26,27)24-10-8-17(9-11-24)13-22(25)23-14-18-4-7-20-21(12-18)29-15-28-20/h2-7,12,17H,8-11,13-15H2,1H3,(H,23,25). The number of nitrogens with zero attached hydrogens (tertiary/aromatic N) is 1. The van der Waals surface area contributed by atoms with Crippen molar-refractivity contribution in [3.05, 3.63) is 53.6 Å². The number of nitrogens with one attached hydrogen (secondary N) is 1. The Kier molecular flexibility index (Phi) is 5.97. The molecule has 0 bridgehead atoms. The second-order valence-electron chi connectivity index (χ2n) is 7.83. The number of ether oxygens (including phenoxy) is 2. The van der Waals surface area contributed by atoms with Crippen molar-refractivity contribution >= 4 is 15.9 Å². The first-order chi connectivity index (χ1) is 14.4. The van der Waals surface area contributed by atoms with E-state index in [4.69, 9.17) is 9.47 Å². The Morgan fingerprint density at radius 3 is 2.50 bits per heavy atom. The first-order valence-corrected chi connectivity index (χ1v) is 11.6. The largest absolute Gasteiger partial charge is 0.454 e. The van der Waals surface area contributed by atoms with Crippen molar-refractivity contribution in [2.45, 2.75) is 37.6 Å². The van der Waals surface area contributed by atoms with Gasteiger partial charge in [0, 0.05) is 26.1 Å². The zero-order valence-corrected chi connectivity index (χ0v) is 17.8. The quantitative estimate of drug-likeness (QED) is 0.762. The molecule has 0 saturated carbocycles. The van der Waals surface area contributed by atoms with Crippen molar-refractivity contribution in [3.63, 3.8) is 0 Å². The van der Waals surface area contributed by atoms with E-state index in [9.17, 15) is 13.2 Å². The fourth-order valence-electron chi connectivity index (χ4n) is 3.80. The number of hydrogen-bond acceptors (Lipinski definition) is 5. The number of amides is 1. The van der Waals surface area contributed by atoms with Crippen LogP contribution in [0.5, 0.6) is 11.5 Å². The average molecular weight is 431 g/mol. The van der Waals surface area contributed by atoms with Crippen LogP contribution in [-0.4, -0.2) is 38.5 Å². The van der Waals surface area contributed by atoms with E-state index in [0.717, 1.165) is 16.9 Å². The van der Waals surface area contributed by atoms with Gasteiger partial charge in [-0.15, -0.1) is 0 Å². The van der Waals surface area contributed by atoms with Gasteiger partial charge in [0.1, 0.15) is 0 Å². The molecule has 0 spiro atoms. The van der Waals surface area contributed by atoms with Crippen molar-refractivity contribution < 1.29 is 22.7 Å². The molecule has 7 nitrogen and oxygen atoms in total. The molecule has 0 aromatic heterocycles. The highest BCUT2D eigenvalue weighted by Crippen LogP contribution is 2.32. The Hall–Kier alpha value is -2.58. The number of sulfonamides is 1. The predicted molar refractivity (Wildman–Crippen MR) is 112 cm³/mol. The maximum absolute atomic E-state index is 12.8. The number of piperidine rings is 1. The molecule has 1 N–H and O–H groups in total. The summed E-state index contributed by atoms with van der Waals surface area (Å²) in [6.45, 7) is 3.46. The summed E-state index contributed by atoms with van der Waals surface area (Å²) >= 11 is 0. The molecule has 8 heteroatoms. The minimum atomic E-state index is -3.47. The molecular formula is C22H26N2O5S. The number of aryl methyl sites for hydroxylation is 1. The molecule has 1 saturated heterocycles. The van der Waals surface area contributed by atoms with Gasteiger partial charge in [-0.05, 0) is 55.5 Å². The van der Waals surface area contributed by atoms with Crippen LogP contribution in [0.15, 0.2) is 47.4 Å². The predicted octanol–water partition coefficient (Wildman–Crippen LogP) is 2.83. The zero-order valence-electron chi connectivity index (χ0n) is 17.0. The number of hydrogen-bond donors (Lipinski definition) is 1. The summed E-state index contributed by atoms with van der Waals surface area (Å²) in [6, 6.07) is 12.5. The Morgan fingerprint density at radius 2 is 1.77 bits per heavy atom. The molecule has 0 radical (unpaired) electrons. The van der Waals surface area contributed by atoms with E-state index in [1.807, 2.05) is 37.3 Å². The summed E-state index contributed by atoms with van der Waals surface area (Å²) in [5.41, 5.74) is 1.98. The summed E-state index contributed by atoms with van der Waals surface area (Å²) in [5.74, 6) is 1.58. The summed E-state index contributed by atoms with van der Waals surface area (Å²) in [4.78, 5) is 12.7. The van der Waals surface area contributed by atoms with Crippen LogP contribution in [-0.2, 0) is 21.4 Å². The molecule has 30 heavy (non-hydrogen) atoms. The maximum atomic E-state index is 12.8. The Bertz CT molecular complexity index is 1010. The van der Waals surface area contributed by atoms with Gasteiger partial charge < -0.3 is 14.8 Å². The van der Waals surface area contributed by atoms with Crippen molar-refractivity contribution in [2.75, 3.05) is 19.9 Å². The van der Waals surface area contributed by atoms with E-state index < -0.39 is 10.0 Å². The first kappa shape index (κ1) is 20.7. The van der Waals surface area contributed by atoms with Gasteiger partial charge in [-0.3, -0.25) is 4.79 Å². The van der Waals surface area contributed by atoms with Gasteiger partial charge in [-0.2, -0.15) is 4.31 Å². The Labute approximate surface area is 177 Å². The van der Waals surface area contributed by atoms with Gasteiger partial charge in [0.25, 0.3) is 0 Å². The molecule has 2 heterocycles. The number of carbonyl (C=O) groups is 1. The smallest absolute Gasteiger partial charge is 0.243 e. The van der Waals surface area contributed by atoms with Crippen LogP contribution in [0.3, 0.4) is 0 Å². The van der Waals surface area contributed by atoms with Crippen molar-refractivity contribution in [2.24, 2.45) is 5.92 Å². The lowest BCUT2D eigenvalue weighted by molar-refractivity contribution is -0.122. The van der Waals surface area contributed by atoms with Gasteiger partial charge in [0.2, 0.25) is 22.7 Å². The summed E-state index contributed by atoms with van der Waals surface area (Å²) < 4.78 is 37.8. The lowest BCUT2D eigenvalue weighted by Crippen LogP contribution is -2.39. The van der Waals surface area contributed by atoms with Crippen molar-refractivity contribution in [3.8, 4) is 11.5 Å². The molecular weight excluding hydrogens is 404 g/mol. The van der Waals surface area contributed by atoms with Crippen LogP contribution in [0.25, 0.3) is 0 Å². The molecule has 2 aliphatic heterocycles. The first-order valence-electron chi connectivity index (χ1n) is 10.1. The Morgan fingerprint density at radius 1 is 1.07 bits per heavy atom. The highest BCUT2D eigenvalue weighted by molar-refractivity contribution is 7.89. The minimum Gasteiger partial charge on any atom is -0.454 e. The summed E-state index contributed by atoms with van der Waals surface area (Å²) in [6.07, 6.45) is 1.77. The van der Waals surface area contributed by atoms with E-state index in [0.29, 0.717) is 49.5 Å². The SMILES string of the molecule is Cc1ccc(S(=O)(=O)N2CCC(CC(=O)NCc3ccc4c(c3)OCO4)CC2)cc1. The van der Waals surface area contributed by atoms with Crippen LogP contribution in [0, 0.1) is 12.8 Å². The molecule has 0 atom stereocenters. The van der Waals surface area contributed by atoms with Crippen molar-refractivity contribution in [1.29, 1.82) is 0 Å². The molecule has 0 unspecified atom stereocenters. The fraction of sp³-hybridized carbons (Fsp3) is 0.409. The molecule has 160 valence electrons. The van der Waals surface area contributed by atoms with E-state index in [2.05, 4.69) is 5.32 Å². The average Bonchev–Trinajstić information content (AvgIpc) is 3.21. The van der Waals surface area contributed by atoms with Gasteiger partial charge in [0.15, 0.2) is 11.5 Å². The molecule has 2 aromatic rings. The van der Waals surface area contributed by atoms with E-state index >= 15 is 0 Å².